The van der Waals surface area contributed by atoms with Gasteiger partial charge in [0.05, 0.1) is 19.3 Å². The third kappa shape index (κ3) is 5.53. The Hall–Kier alpha value is -2.93. The molecule has 4 unspecified atom stereocenters. The fourth-order valence-electron chi connectivity index (χ4n) is 3.71. The van der Waals surface area contributed by atoms with E-state index in [1.807, 2.05) is 0 Å². The number of hydrogen-bond acceptors (Lipinski definition) is 7. The highest BCUT2D eigenvalue weighted by Gasteiger charge is 2.46. The van der Waals surface area contributed by atoms with Crippen molar-refractivity contribution < 1.29 is 32.3 Å². The van der Waals surface area contributed by atoms with Crippen LogP contribution < -0.4 is 21.4 Å². The summed E-state index contributed by atoms with van der Waals surface area (Å²) in [6, 6.07) is 5.32. The van der Waals surface area contributed by atoms with Crippen LogP contribution in [0, 0.1) is 0 Å². The molecule has 1 aromatic carbocycles. The fourth-order valence-corrected chi connectivity index (χ4v) is 3.71. The number of ether oxygens (including phenoxy) is 1. The first-order valence-corrected chi connectivity index (χ1v) is 10.4. The maximum Gasteiger partial charge on any atom is 0.430 e. The number of carbonyl (C=O) groups is 2. The summed E-state index contributed by atoms with van der Waals surface area (Å²) in [5.74, 6) is -0.464. The molecule has 9 nitrogen and oxygen atoms in total. The number of nitrogens with zero attached hydrogens (tertiary/aromatic N) is 1. The number of benzene rings is 1. The van der Waals surface area contributed by atoms with Crippen LogP contribution in [0.3, 0.4) is 0 Å². The van der Waals surface area contributed by atoms with Crippen molar-refractivity contribution in [1.29, 1.82) is 0 Å². The Balaban J connectivity index is 1.32. The number of carbonyl (C=O) groups excluding carboxylic acids is 2. The van der Waals surface area contributed by atoms with Gasteiger partial charge in [0.2, 0.25) is 12.1 Å². The molecule has 2 saturated heterocycles. The summed E-state index contributed by atoms with van der Waals surface area (Å²) >= 11 is 0. The number of amides is 2. The van der Waals surface area contributed by atoms with Crippen LogP contribution >= 0.6 is 0 Å². The molecule has 178 valence electrons. The summed E-state index contributed by atoms with van der Waals surface area (Å²) in [5, 5.41) is 8.08. The van der Waals surface area contributed by atoms with Gasteiger partial charge in [0.15, 0.2) is 0 Å². The highest BCUT2D eigenvalue weighted by atomic mass is 19.4. The monoisotopic (exact) mass is 467 g/mol. The molecule has 4 N–H and O–H groups in total. The lowest BCUT2D eigenvalue weighted by atomic mass is 10.1. The molecule has 0 aliphatic carbocycles. The number of alkyl halides is 3. The van der Waals surface area contributed by atoms with Crippen LogP contribution in [0.15, 0.2) is 48.7 Å². The first-order chi connectivity index (χ1) is 15.8. The molecule has 0 radical (unpaired) electrons. The molecule has 12 heteroatoms. The molecular formula is C21H24F3N5O4. The number of rotatable bonds is 5. The molecule has 0 saturated carbocycles. The number of allylic oxidation sites excluding steroid dienone is 2. The van der Waals surface area contributed by atoms with E-state index in [4.69, 9.17) is 4.74 Å². The van der Waals surface area contributed by atoms with Crippen molar-refractivity contribution in [2.75, 3.05) is 26.3 Å². The largest absolute Gasteiger partial charge is 0.430 e. The smallest absolute Gasteiger partial charge is 0.377 e. The van der Waals surface area contributed by atoms with Gasteiger partial charge in [-0.25, -0.2) is 0 Å². The summed E-state index contributed by atoms with van der Waals surface area (Å²) in [7, 11) is 0. The minimum atomic E-state index is -4.54. The van der Waals surface area contributed by atoms with E-state index in [9.17, 15) is 22.8 Å². The number of halogens is 3. The number of hydroxylamine groups is 1. The van der Waals surface area contributed by atoms with Crippen molar-refractivity contribution in [1.82, 2.24) is 26.3 Å². The van der Waals surface area contributed by atoms with E-state index >= 15 is 0 Å². The Kier molecular flexibility index (Phi) is 6.98. The van der Waals surface area contributed by atoms with Gasteiger partial charge < -0.3 is 20.3 Å². The summed E-state index contributed by atoms with van der Waals surface area (Å²) < 4.78 is 43.6. The first kappa shape index (κ1) is 23.2. The second-order valence-corrected chi connectivity index (χ2v) is 7.74. The molecule has 4 atom stereocenters. The summed E-state index contributed by atoms with van der Waals surface area (Å²) in [6.07, 6.45) is -0.437. The summed E-state index contributed by atoms with van der Waals surface area (Å²) in [4.78, 5) is 31.6. The maximum atomic E-state index is 12.8. The Morgan fingerprint density at radius 2 is 1.97 bits per heavy atom. The maximum absolute atomic E-state index is 12.8. The zero-order chi connectivity index (χ0) is 23.4. The number of nitrogens with one attached hydrogen (secondary N) is 4. The summed E-state index contributed by atoms with van der Waals surface area (Å²) in [6.45, 7) is 1.35. The minimum Gasteiger partial charge on any atom is -0.377 e. The third-order valence-corrected chi connectivity index (χ3v) is 5.49. The van der Waals surface area contributed by atoms with Crippen molar-refractivity contribution in [2.45, 2.75) is 30.7 Å². The van der Waals surface area contributed by atoms with Crippen molar-refractivity contribution in [3.05, 3.63) is 59.8 Å². The van der Waals surface area contributed by atoms with E-state index in [2.05, 4.69) is 26.3 Å². The minimum absolute atomic E-state index is 0.0987. The summed E-state index contributed by atoms with van der Waals surface area (Å²) in [5.41, 5.74) is 3.11. The highest BCUT2D eigenvalue weighted by Crippen LogP contribution is 2.27. The molecule has 2 amide bonds. The van der Waals surface area contributed by atoms with Crippen molar-refractivity contribution >= 4 is 11.8 Å². The second-order valence-electron chi connectivity index (χ2n) is 7.74. The second kappa shape index (κ2) is 9.91. The molecule has 0 aromatic heterocycles. The van der Waals surface area contributed by atoms with E-state index in [1.54, 1.807) is 29.3 Å². The van der Waals surface area contributed by atoms with Crippen molar-refractivity contribution in [2.24, 2.45) is 0 Å². The van der Waals surface area contributed by atoms with Gasteiger partial charge in [0.1, 0.15) is 12.2 Å². The van der Waals surface area contributed by atoms with Gasteiger partial charge in [-0.2, -0.15) is 18.7 Å². The molecule has 0 spiro atoms. The average Bonchev–Trinajstić information content (AvgIpc) is 3.34. The fraction of sp³-hybridized carbons (Fsp3) is 0.429. The molecular weight excluding hydrogens is 443 g/mol. The van der Waals surface area contributed by atoms with E-state index < -0.39 is 24.6 Å². The highest BCUT2D eigenvalue weighted by molar-refractivity contribution is 5.94. The number of morpholine rings is 1. The van der Waals surface area contributed by atoms with Gasteiger partial charge in [-0.3, -0.25) is 19.7 Å². The average molecular weight is 467 g/mol. The zero-order valence-corrected chi connectivity index (χ0v) is 17.5. The number of hydrogen-bond donors (Lipinski definition) is 4. The molecule has 3 aliphatic heterocycles. The van der Waals surface area contributed by atoms with E-state index in [1.165, 1.54) is 24.3 Å². The van der Waals surface area contributed by atoms with Crippen molar-refractivity contribution in [3.8, 4) is 0 Å². The van der Waals surface area contributed by atoms with Crippen LogP contribution in [0.4, 0.5) is 13.2 Å². The Morgan fingerprint density at radius 3 is 2.64 bits per heavy atom. The SMILES string of the molecule is O=C(NCC1COCCN1C(=O)C1C=CC=CN1)c1ccc(C2NOC(C(F)(F)F)N2)cc1. The van der Waals surface area contributed by atoms with Crippen LogP contribution in [-0.2, 0) is 14.4 Å². The van der Waals surface area contributed by atoms with Gasteiger partial charge in [0.25, 0.3) is 5.91 Å². The Bertz CT molecular complexity index is 921. The predicted molar refractivity (Wildman–Crippen MR) is 110 cm³/mol. The van der Waals surface area contributed by atoms with E-state index in [0.29, 0.717) is 30.9 Å². The van der Waals surface area contributed by atoms with Gasteiger partial charge >= 0.3 is 6.18 Å². The van der Waals surface area contributed by atoms with Crippen LogP contribution in [0.5, 0.6) is 0 Å². The van der Waals surface area contributed by atoms with Gasteiger partial charge in [-0.15, -0.1) is 0 Å². The Morgan fingerprint density at radius 1 is 1.18 bits per heavy atom. The normalized spacial score (nSPS) is 27.3. The van der Waals surface area contributed by atoms with Crippen molar-refractivity contribution in [3.63, 3.8) is 0 Å². The molecule has 3 aliphatic rings. The van der Waals surface area contributed by atoms with Crippen LogP contribution in [0.25, 0.3) is 0 Å². The first-order valence-electron chi connectivity index (χ1n) is 10.4. The van der Waals surface area contributed by atoms with Crippen LogP contribution in [0.1, 0.15) is 22.1 Å². The lowest BCUT2D eigenvalue weighted by molar-refractivity contribution is -0.224. The molecule has 1 aromatic rings. The standard InChI is InChI=1S/C21H24F3N5O4/c22-21(23,24)20-27-17(28-33-20)13-4-6-14(7-5-13)18(30)26-11-15-12-32-10-9-29(15)19(31)16-3-1-2-8-25-16/h1-8,15-17,20,25,27-28H,9-12H2,(H,26,30). The van der Waals surface area contributed by atoms with Gasteiger partial charge in [-0.1, -0.05) is 24.3 Å². The zero-order valence-electron chi connectivity index (χ0n) is 17.5. The quantitative estimate of drug-likeness (QED) is 0.506. The third-order valence-electron chi connectivity index (χ3n) is 5.49. The molecule has 4 rings (SSSR count). The topological polar surface area (TPSA) is 104 Å². The molecule has 33 heavy (non-hydrogen) atoms. The molecule has 0 bridgehead atoms. The lowest BCUT2D eigenvalue weighted by Crippen LogP contribution is -2.57. The molecule has 3 heterocycles. The van der Waals surface area contributed by atoms with Crippen LogP contribution in [-0.4, -0.2) is 67.5 Å². The lowest BCUT2D eigenvalue weighted by Gasteiger charge is -2.37. The predicted octanol–water partition coefficient (Wildman–Crippen LogP) is 0.697. The van der Waals surface area contributed by atoms with E-state index in [-0.39, 0.29) is 24.4 Å². The van der Waals surface area contributed by atoms with Gasteiger partial charge in [-0.05, 0) is 30.0 Å². The number of dihydropyridines is 1. The van der Waals surface area contributed by atoms with E-state index in [0.717, 1.165) is 0 Å². The Labute approximate surface area is 187 Å². The van der Waals surface area contributed by atoms with Crippen LogP contribution in [0.2, 0.25) is 0 Å². The van der Waals surface area contributed by atoms with Gasteiger partial charge in [0, 0.05) is 18.7 Å². The molecule has 2 fully saturated rings.